The number of carbonyl (C=O) groups is 1. The van der Waals surface area contributed by atoms with Gasteiger partial charge in [-0.3, -0.25) is 4.79 Å². The summed E-state index contributed by atoms with van der Waals surface area (Å²) >= 11 is 0. The van der Waals surface area contributed by atoms with Crippen molar-refractivity contribution >= 4 is 16.0 Å². The van der Waals surface area contributed by atoms with Crippen LogP contribution < -0.4 is 4.72 Å². The summed E-state index contributed by atoms with van der Waals surface area (Å²) in [6, 6.07) is 6.79. The highest BCUT2D eigenvalue weighted by atomic mass is 32.2. The van der Waals surface area contributed by atoms with E-state index in [1.807, 2.05) is 0 Å². The van der Waals surface area contributed by atoms with Crippen LogP contribution in [0.1, 0.15) is 11.1 Å². The highest BCUT2D eigenvalue weighted by molar-refractivity contribution is 7.89. The van der Waals surface area contributed by atoms with Crippen LogP contribution in [0.2, 0.25) is 0 Å². The van der Waals surface area contributed by atoms with Crippen molar-refractivity contribution in [1.29, 1.82) is 0 Å². The highest BCUT2D eigenvalue weighted by Crippen LogP contribution is 2.11. The summed E-state index contributed by atoms with van der Waals surface area (Å²) in [6.45, 7) is 0.0187. The number of nitrogens with one attached hydrogen (secondary N) is 2. The molecule has 20 heavy (non-hydrogen) atoms. The lowest BCUT2D eigenvalue weighted by Gasteiger charge is -2.09. The monoisotopic (exact) mass is 295 g/mol. The predicted molar refractivity (Wildman–Crippen MR) is 70.4 cm³/mol. The second-order valence-electron chi connectivity index (χ2n) is 4.08. The zero-order valence-electron chi connectivity index (χ0n) is 10.4. The van der Waals surface area contributed by atoms with Gasteiger partial charge in [-0.1, -0.05) is 24.3 Å². The lowest BCUT2D eigenvalue weighted by molar-refractivity contribution is -0.136. The predicted octanol–water partition coefficient (Wildman–Crippen LogP) is 0.515. The minimum atomic E-state index is -3.68. The molecule has 0 bridgehead atoms. The molecule has 7 nitrogen and oxygen atoms in total. The van der Waals surface area contributed by atoms with Crippen molar-refractivity contribution < 1.29 is 18.3 Å². The number of aromatic amines is 1. The lowest BCUT2D eigenvalue weighted by Crippen LogP contribution is -2.24. The van der Waals surface area contributed by atoms with Crippen LogP contribution in [0, 0.1) is 0 Å². The summed E-state index contributed by atoms with van der Waals surface area (Å²) in [5.41, 5.74) is 1.20. The zero-order valence-corrected chi connectivity index (χ0v) is 11.2. The summed E-state index contributed by atoms with van der Waals surface area (Å²) in [6.07, 6.45) is 2.32. The summed E-state index contributed by atoms with van der Waals surface area (Å²) in [5.74, 6) is -0.964. The molecule has 106 valence electrons. The smallest absolute Gasteiger partial charge is 0.307 e. The molecule has 0 aliphatic carbocycles. The Morgan fingerprint density at radius 3 is 2.60 bits per heavy atom. The second-order valence-corrected chi connectivity index (χ2v) is 5.82. The third kappa shape index (κ3) is 3.43. The first-order valence-electron chi connectivity index (χ1n) is 5.75. The fourth-order valence-electron chi connectivity index (χ4n) is 1.71. The van der Waals surface area contributed by atoms with E-state index >= 15 is 0 Å². The first-order chi connectivity index (χ1) is 9.49. The van der Waals surface area contributed by atoms with Crippen molar-refractivity contribution in [1.82, 2.24) is 14.7 Å². The van der Waals surface area contributed by atoms with Gasteiger partial charge in [0.05, 0.1) is 18.9 Å². The number of benzene rings is 1. The number of sulfonamides is 1. The van der Waals surface area contributed by atoms with E-state index in [0.29, 0.717) is 11.1 Å². The van der Waals surface area contributed by atoms with Gasteiger partial charge in [0.1, 0.15) is 0 Å². The topological polar surface area (TPSA) is 112 Å². The largest absolute Gasteiger partial charge is 0.481 e. The van der Waals surface area contributed by atoms with Gasteiger partial charge in [-0.25, -0.2) is 18.1 Å². The van der Waals surface area contributed by atoms with Gasteiger partial charge in [0.25, 0.3) is 10.0 Å². The molecule has 1 aromatic heterocycles. The number of hydrogen-bond donors (Lipinski definition) is 3. The van der Waals surface area contributed by atoms with E-state index in [9.17, 15) is 13.2 Å². The minimum Gasteiger partial charge on any atom is -0.481 e. The number of H-pyrrole nitrogens is 1. The maximum atomic E-state index is 11.9. The van der Waals surface area contributed by atoms with Gasteiger partial charge in [0.2, 0.25) is 0 Å². The van der Waals surface area contributed by atoms with E-state index in [-0.39, 0.29) is 18.0 Å². The Labute approximate surface area is 115 Å². The van der Waals surface area contributed by atoms with Crippen LogP contribution in [0.3, 0.4) is 0 Å². The Balaban J connectivity index is 2.13. The van der Waals surface area contributed by atoms with Gasteiger partial charge in [-0.05, 0) is 11.1 Å². The van der Waals surface area contributed by atoms with Crippen molar-refractivity contribution in [3.8, 4) is 0 Å². The SMILES string of the molecule is O=C(O)Cc1ccccc1CNS(=O)(=O)c1cnc[nH]1. The molecule has 0 spiro atoms. The summed E-state index contributed by atoms with van der Waals surface area (Å²) < 4.78 is 26.2. The molecule has 1 heterocycles. The molecule has 0 aliphatic heterocycles. The summed E-state index contributed by atoms with van der Waals surface area (Å²) in [7, 11) is -3.68. The first kappa shape index (κ1) is 14.2. The first-order valence-corrected chi connectivity index (χ1v) is 7.24. The molecule has 0 amide bonds. The van der Waals surface area contributed by atoms with E-state index in [0.717, 1.165) is 0 Å². The Kier molecular flexibility index (Phi) is 4.16. The minimum absolute atomic E-state index is 0.0187. The molecule has 1 aromatic carbocycles. The number of carboxylic acids is 1. The fraction of sp³-hybridized carbons (Fsp3) is 0.167. The van der Waals surface area contributed by atoms with E-state index in [1.54, 1.807) is 24.3 Å². The molecule has 0 aliphatic rings. The van der Waals surface area contributed by atoms with E-state index in [1.165, 1.54) is 12.5 Å². The maximum Gasteiger partial charge on any atom is 0.307 e. The Bertz CT molecular complexity index is 695. The molecule has 0 saturated heterocycles. The molecular formula is C12H13N3O4S. The van der Waals surface area contributed by atoms with Crippen molar-refractivity contribution in [2.75, 3.05) is 0 Å². The van der Waals surface area contributed by atoms with Gasteiger partial charge >= 0.3 is 5.97 Å². The molecule has 0 radical (unpaired) electrons. The second kappa shape index (κ2) is 5.85. The average Bonchev–Trinajstić information content (AvgIpc) is 2.92. The van der Waals surface area contributed by atoms with Crippen LogP contribution in [0.5, 0.6) is 0 Å². The van der Waals surface area contributed by atoms with E-state index < -0.39 is 16.0 Å². The van der Waals surface area contributed by atoms with Crippen LogP contribution in [-0.2, 0) is 27.8 Å². The summed E-state index contributed by atoms with van der Waals surface area (Å²) in [5, 5.41) is 8.78. The number of nitrogens with zero attached hydrogens (tertiary/aromatic N) is 1. The number of aliphatic carboxylic acids is 1. The van der Waals surface area contributed by atoms with Crippen LogP contribution >= 0.6 is 0 Å². The molecular weight excluding hydrogens is 282 g/mol. The van der Waals surface area contributed by atoms with E-state index in [4.69, 9.17) is 5.11 Å². The third-order valence-electron chi connectivity index (χ3n) is 2.68. The number of hydrogen-bond acceptors (Lipinski definition) is 4. The number of rotatable bonds is 6. The third-order valence-corrected chi connectivity index (χ3v) is 4.00. The molecule has 3 N–H and O–H groups in total. The van der Waals surface area contributed by atoms with Crippen LogP contribution in [-0.4, -0.2) is 29.5 Å². The Morgan fingerprint density at radius 2 is 2.00 bits per heavy atom. The van der Waals surface area contributed by atoms with Gasteiger partial charge in [-0.2, -0.15) is 0 Å². The highest BCUT2D eigenvalue weighted by Gasteiger charge is 2.16. The number of imidazole rings is 1. The lowest BCUT2D eigenvalue weighted by atomic mass is 10.1. The van der Waals surface area contributed by atoms with Gasteiger partial charge < -0.3 is 10.1 Å². The molecule has 2 rings (SSSR count). The molecule has 0 fully saturated rings. The van der Waals surface area contributed by atoms with Crippen molar-refractivity contribution in [2.45, 2.75) is 18.0 Å². The average molecular weight is 295 g/mol. The van der Waals surface area contributed by atoms with Gasteiger partial charge in [0.15, 0.2) is 5.03 Å². The molecule has 0 atom stereocenters. The number of carboxylic acid groups (broad SMARTS) is 1. The van der Waals surface area contributed by atoms with Gasteiger partial charge in [0, 0.05) is 6.54 Å². The van der Waals surface area contributed by atoms with E-state index in [2.05, 4.69) is 14.7 Å². The molecule has 0 saturated carbocycles. The zero-order chi connectivity index (χ0) is 14.6. The molecule has 0 unspecified atom stereocenters. The van der Waals surface area contributed by atoms with Crippen molar-refractivity contribution in [3.05, 3.63) is 47.9 Å². The normalized spacial score (nSPS) is 11.4. The summed E-state index contributed by atoms with van der Waals surface area (Å²) in [4.78, 5) is 16.9. The van der Waals surface area contributed by atoms with Gasteiger partial charge in [-0.15, -0.1) is 0 Å². The van der Waals surface area contributed by atoms with Crippen LogP contribution in [0.15, 0.2) is 41.8 Å². The standard InChI is InChI=1S/C12H13N3O4S/c16-12(17)5-9-3-1-2-4-10(9)6-15-20(18,19)11-7-13-8-14-11/h1-4,7-8,15H,5-6H2,(H,13,14)(H,16,17). The van der Waals surface area contributed by atoms with Crippen molar-refractivity contribution in [3.63, 3.8) is 0 Å². The molecule has 2 aromatic rings. The Morgan fingerprint density at radius 1 is 1.30 bits per heavy atom. The maximum absolute atomic E-state index is 11.9. The quantitative estimate of drug-likeness (QED) is 0.719. The number of aromatic nitrogens is 2. The van der Waals surface area contributed by atoms with Crippen LogP contribution in [0.25, 0.3) is 0 Å². The fourth-order valence-corrected chi connectivity index (χ4v) is 2.61. The Hall–Kier alpha value is -2.19. The van der Waals surface area contributed by atoms with Crippen molar-refractivity contribution in [2.24, 2.45) is 0 Å². The molecule has 8 heteroatoms. The van der Waals surface area contributed by atoms with Crippen LogP contribution in [0.4, 0.5) is 0 Å².